The maximum atomic E-state index is 5.85. The second-order valence-electron chi connectivity index (χ2n) is 7.09. The Hall–Kier alpha value is -1.25. The summed E-state index contributed by atoms with van der Waals surface area (Å²) in [5.74, 6) is 0. The lowest BCUT2D eigenvalue weighted by molar-refractivity contribution is 0.156. The van der Waals surface area contributed by atoms with Crippen LogP contribution in [-0.2, 0) is 0 Å². The van der Waals surface area contributed by atoms with E-state index in [0.717, 1.165) is 13.6 Å². The predicted molar refractivity (Wildman–Crippen MR) is 94.5 cm³/mol. The van der Waals surface area contributed by atoms with E-state index in [0.29, 0.717) is 16.5 Å². The topological polar surface area (TPSA) is 38.4 Å². The number of allylic oxidation sites excluding steroid dienone is 4. The minimum Gasteiger partial charge on any atom is -0.397 e. The van der Waals surface area contributed by atoms with Crippen LogP contribution in [0.3, 0.4) is 0 Å². The van der Waals surface area contributed by atoms with Gasteiger partial charge in [-0.25, -0.2) is 0 Å². The van der Waals surface area contributed by atoms with Crippen molar-refractivity contribution in [3.05, 3.63) is 35.1 Å². The standard InChI is InChI=1S/C17H31BN2/c1-9-15(13(2)10-14(19)11-20-8)18-12-17(6,7)16(3,4)5/h9-11,18H,8,12,19H2,1-7H3/b13-10+,14-11+,15-9+. The lowest BCUT2D eigenvalue weighted by atomic mass is 9.52. The molecular formula is C17H31BN2. The zero-order valence-electron chi connectivity index (χ0n) is 14.4. The second-order valence-corrected chi connectivity index (χ2v) is 7.09. The molecule has 0 saturated carbocycles. The highest BCUT2D eigenvalue weighted by Gasteiger charge is 2.32. The number of aliphatic imine (C=N–C) groups is 1. The van der Waals surface area contributed by atoms with Crippen LogP contribution in [0.2, 0.25) is 6.32 Å². The van der Waals surface area contributed by atoms with Crippen LogP contribution >= 0.6 is 0 Å². The summed E-state index contributed by atoms with van der Waals surface area (Å²) in [6.45, 7) is 19.2. The number of nitrogens with zero attached hydrogens (tertiary/aromatic N) is 1. The highest BCUT2D eigenvalue weighted by molar-refractivity contribution is 6.47. The number of rotatable bonds is 6. The monoisotopic (exact) mass is 274 g/mol. The van der Waals surface area contributed by atoms with Crippen molar-refractivity contribution in [1.82, 2.24) is 0 Å². The van der Waals surface area contributed by atoms with Gasteiger partial charge in [0.25, 0.3) is 0 Å². The first-order valence-corrected chi connectivity index (χ1v) is 7.30. The molecule has 0 radical (unpaired) electrons. The normalized spacial score (nSPS) is 15.2. The van der Waals surface area contributed by atoms with Gasteiger partial charge >= 0.3 is 0 Å². The van der Waals surface area contributed by atoms with Gasteiger partial charge in [-0.2, -0.15) is 0 Å². The summed E-state index contributed by atoms with van der Waals surface area (Å²) >= 11 is 0. The molecule has 2 nitrogen and oxygen atoms in total. The molecular weight excluding hydrogens is 243 g/mol. The molecule has 0 amide bonds. The van der Waals surface area contributed by atoms with E-state index in [4.69, 9.17) is 5.73 Å². The lowest BCUT2D eigenvalue weighted by Crippen LogP contribution is -2.31. The zero-order chi connectivity index (χ0) is 16.0. The van der Waals surface area contributed by atoms with E-state index in [2.05, 4.69) is 66.3 Å². The van der Waals surface area contributed by atoms with E-state index >= 15 is 0 Å². The van der Waals surface area contributed by atoms with Gasteiger partial charge in [0.15, 0.2) is 7.28 Å². The number of nitrogens with two attached hydrogens (primary N) is 1. The van der Waals surface area contributed by atoms with E-state index in [1.807, 2.05) is 6.08 Å². The first-order valence-electron chi connectivity index (χ1n) is 7.30. The first-order chi connectivity index (χ1) is 9.05. The molecule has 0 unspecified atom stereocenters. The molecule has 0 atom stereocenters. The molecule has 3 heteroatoms. The van der Waals surface area contributed by atoms with E-state index < -0.39 is 0 Å². The molecule has 0 aliphatic carbocycles. The molecule has 0 fully saturated rings. The van der Waals surface area contributed by atoms with Crippen molar-refractivity contribution in [2.75, 3.05) is 0 Å². The molecule has 0 aliphatic heterocycles. The molecule has 0 aromatic carbocycles. The average Bonchev–Trinajstić information content (AvgIpc) is 2.28. The quantitative estimate of drug-likeness (QED) is 0.438. The largest absolute Gasteiger partial charge is 0.397 e. The van der Waals surface area contributed by atoms with Crippen LogP contribution in [0.5, 0.6) is 0 Å². The summed E-state index contributed by atoms with van der Waals surface area (Å²) in [6.07, 6.45) is 6.88. The van der Waals surface area contributed by atoms with Crippen LogP contribution in [0, 0.1) is 10.8 Å². The van der Waals surface area contributed by atoms with Gasteiger partial charge in [0.05, 0.1) is 5.70 Å². The Morgan fingerprint density at radius 3 is 2.20 bits per heavy atom. The van der Waals surface area contributed by atoms with Crippen LogP contribution in [0.25, 0.3) is 0 Å². The fourth-order valence-electron chi connectivity index (χ4n) is 1.88. The Bertz CT molecular complexity index is 421. The smallest absolute Gasteiger partial charge is 0.158 e. The van der Waals surface area contributed by atoms with Crippen LogP contribution in [0.1, 0.15) is 48.5 Å². The Morgan fingerprint density at radius 1 is 1.25 bits per heavy atom. The predicted octanol–water partition coefficient (Wildman–Crippen LogP) is 4.26. The maximum absolute atomic E-state index is 5.85. The van der Waals surface area contributed by atoms with E-state index in [1.165, 1.54) is 11.0 Å². The van der Waals surface area contributed by atoms with Gasteiger partial charge in [0.2, 0.25) is 0 Å². The van der Waals surface area contributed by atoms with Gasteiger partial charge in [0, 0.05) is 6.20 Å². The Labute approximate surface area is 126 Å². The second kappa shape index (κ2) is 7.51. The summed E-state index contributed by atoms with van der Waals surface area (Å²) in [5.41, 5.74) is 9.65. The molecule has 0 saturated heterocycles. The van der Waals surface area contributed by atoms with Gasteiger partial charge < -0.3 is 5.73 Å². The van der Waals surface area contributed by atoms with Gasteiger partial charge in [-0.15, -0.1) is 0 Å². The molecule has 0 aromatic heterocycles. The van der Waals surface area contributed by atoms with Gasteiger partial charge in [0.1, 0.15) is 0 Å². The summed E-state index contributed by atoms with van der Waals surface area (Å²) in [4.78, 5) is 3.69. The van der Waals surface area contributed by atoms with E-state index in [9.17, 15) is 0 Å². The molecule has 0 bridgehead atoms. The van der Waals surface area contributed by atoms with Crippen LogP contribution in [0.4, 0.5) is 0 Å². The number of hydrogen-bond donors (Lipinski definition) is 1. The summed E-state index contributed by atoms with van der Waals surface area (Å²) in [5, 5.41) is 0. The van der Waals surface area contributed by atoms with Crippen molar-refractivity contribution in [3.8, 4) is 0 Å². The molecule has 0 aromatic rings. The maximum Gasteiger partial charge on any atom is 0.158 e. The van der Waals surface area contributed by atoms with Gasteiger partial charge in [-0.1, -0.05) is 58.1 Å². The van der Waals surface area contributed by atoms with E-state index in [-0.39, 0.29) is 0 Å². The van der Waals surface area contributed by atoms with Crippen LogP contribution < -0.4 is 5.73 Å². The van der Waals surface area contributed by atoms with Crippen molar-refractivity contribution in [3.63, 3.8) is 0 Å². The SMILES string of the molecule is C=N\C=C(N)/C=C(C)/C(BCC(C)(C)C(C)(C)C)=C\C. The molecule has 112 valence electrons. The Morgan fingerprint density at radius 2 is 1.80 bits per heavy atom. The summed E-state index contributed by atoms with van der Waals surface area (Å²) in [6, 6.07) is 0. The van der Waals surface area contributed by atoms with Crippen LogP contribution in [-0.4, -0.2) is 14.0 Å². The van der Waals surface area contributed by atoms with Crippen molar-refractivity contribution in [2.24, 2.45) is 21.6 Å². The average molecular weight is 274 g/mol. The molecule has 20 heavy (non-hydrogen) atoms. The Balaban J connectivity index is 4.92. The minimum atomic E-state index is 0.297. The molecule has 0 rings (SSSR count). The summed E-state index contributed by atoms with van der Waals surface area (Å²) in [7, 11) is 1.07. The molecule has 0 heterocycles. The third-order valence-electron chi connectivity index (χ3n) is 4.53. The highest BCUT2D eigenvalue weighted by atomic mass is 14.7. The zero-order valence-corrected chi connectivity index (χ0v) is 14.4. The van der Waals surface area contributed by atoms with Crippen molar-refractivity contribution < 1.29 is 0 Å². The number of hydrogen-bond acceptors (Lipinski definition) is 2. The highest BCUT2D eigenvalue weighted by Crippen LogP contribution is 2.41. The fraction of sp³-hybridized carbons (Fsp3) is 0.588. The lowest BCUT2D eigenvalue weighted by Gasteiger charge is -2.39. The first kappa shape index (κ1) is 18.8. The van der Waals surface area contributed by atoms with Crippen molar-refractivity contribution in [1.29, 1.82) is 0 Å². The molecule has 2 N–H and O–H groups in total. The fourth-order valence-corrected chi connectivity index (χ4v) is 1.88. The van der Waals surface area contributed by atoms with Gasteiger partial charge in [-0.05, 0) is 37.5 Å². The van der Waals surface area contributed by atoms with Crippen LogP contribution in [0.15, 0.2) is 40.1 Å². The third kappa shape index (κ3) is 5.81. The van der Waals surface area contributed by atoms with Gasteiger partial charge in [-0.3, -0.25) is 4.99 Å². The van der Waals surface area contributed by atoms with Crippen molar-refractivity contribution in [2.45, 2.75) is 54.8 Å². The molecule has 0 aliphatic rings. The summed E-state index contributed by atoms with van der Waals surface area (Å²) < 4.78 is 0. The van der Waals surface area contributed by atoms with E-state index in [1.54, 1.807) is 6.20 Å². The Kier molecular flexibility index (Phi) is 7.05. The molecule has 0 spiro atoms. The van der Waals surface area contributed by atoms with Crippen molar-refractivity contribution >= 4 is 14.0 Å². The third-order valence-corrected chi connectivity index (χ3v) is 4.53. The minimum absolute atomic E-state index is 0.297.